The lowest BCUT2D eigenvalue weighted by Crippen LogP contribution is -2.14. The maximum absolute atomic E-state index is 11.7. The second-order valence-corrected chi connectivity index (χ2v) is 7.02. The number of hydrogen-bond donors (Lipinski definition) is 0. The number of fused-ring (bicyclic) bond motifs is 1. The average Bonchev–Trinajstić information content (AvgIpc) is 3.05. The minimum absolute atomic E-state index is 0.173. The molecule has 0 aliphatic rings. The Balaban J connectivity index is 2.27. The van der Waals surface area contributed by atoms with Gasteiger partial charge in [0.15, 0.2) is 11.2 Å². The highest BCUT2D eigenvalue weighted by atomic mass is 32.1. The van der Waals surface area contributed by atoms with Crippen molar-refractivity contribution >= 4 is 22.6 Å². The molecular weight excluding hydrogens is 296 g/mol. The summed E-state index contributed by atoms with van der Waals surface area (Å²) in [6.07, 6.45) is 0.900. The number of carbonyl (C=O) groups excluding carboxylic acids is 1. The van der Waals surface area contributed by atoms with E-state index in [0.29, 0.717) is 5.69 Å². The molecule has 0 atom stereocenters. The van der Waals surface area contributed by atoms with Crippen molar-refractivity contribution in [3.05, 3.63) is 41.0 Å². The number of ether oxygens (including phenoxy) is 1. The maximum Gasteiger partial charge on any atom is 0.195 e. The lowest BCUT2D eigenvalue weighted by atomic mass is 9.91. The molecule has 4 nitrogen and oxygen atoms in total. The van der Waals surface area contributed by atoms with Crippen molar-refractivity contribution in [2.75, 3.05) is 7.11 Å². The fourth-order valence-electron chi connectivity index (χ4n) is 2.52. The standard InChI is InChI=1S/C17H18N2O2S/c1-17(2,3)15-13(9-20)19-14(10-22-16(19)18-15)11-6-5-7-12(8-11)21-4/h5-10H,1-4H3. The van der Waals surface area contributed by atoms with E-state index in [0.717, 1.165) is 33.9 Å². The summed E-state index contributed by atoms with van der Waals surface area (Å²) >= 11 is 1.54. The number of aldehydes is 1. The van der Waals surface area contributed by atoms with Crippen LogP contribution < -0.4 is 4.74 Å². The normalized spacial score (nSPS) is 11.8. The lowest BCUT2D eigenvalue weighted by molar-refractivity contribution is 0.111. The molecule has 22 heavy (non-hydrogen) atoms. The molecule has 0 saturated carbocycles. The maximum atomic E-state index is 11.7. The van der Waals surface area contributed by atoms with Crippen molar-refractivity contribution in [3.63, 3.8) is 0 Å². The van der Waals surface area contributed by atoms with Crippen LogP contribution in [0.3, 0.4) is 0 Å². The van der Waals surface area contributed by atoms with Gasteiger partial charge in [0.1, 0.15) is 11.4 Å². The molecule has 3 rings (SSSR count). The molecule has 0 aliphatic heterocycles. The Bertz CT molecular complexity index is 840. The van der Waals surface area contributed by atoms with Crippen molar-refractivity contribution in [2.45, 2.75) is 26.2 Å². The zero-order valence-electron chi connectivity index (χ0n) is 13.1. The third kappa shape index (κ3) is 2.31. The smallest absolute Gasteiger partial charge is 0.195 e. The Morgan fingerprint density at radius 2 is 2.09 bits per heavy atom. The van der Waals surface area contributed by atoms with Gasteiger partial charge in [0.2, 0.25) is 0 Å². The average molecular weight is 314 g/mol. The fraction of sp³-hybridized carbons (Fsp3) is 0.294. The summed E-state index contributed by atoms with van der Waals surface area (Å²) in [6, 6.07) is 7.82. The van der Waals surface area contributed by atoms with Crippen LogP contribution in [0.25, 0.3) is 16.2 Å². The second kappa shape index (κ2) is 5.25. The van der Waals surface area contributed by atoms with Gasteiger partial charge in [-0.1, -0.05) is 32.9 Å². The molecule has 0 radical (unpaired) electrons. The highest BCUT2D eigenvalue weighted by Gasteiger charge is 2.25. The lowest BCUT2D eigenvalue weighted by Gasteiger charge is -2.16. The van der Waals surface area contributed by atoms with Crippen LogP contribution in [0.2, 0.25) is 0 Å². The van der Waals surface area contributed by atoms with Crippen molar-refractivity contribution in [2.24, 2.45) is 0 Å². The van der Waals surface area contributed by atoms with E-state index < -0.39 is 0 Å². The molecule has 2 heterocycles. The van der Waals surface area contributed by atoms with Gasteiger partial charge < -0.3 is 4.74 Å². The molecule has 5 heteroatoms. The summed E-state index contributed by atoms with van der Waals surface area (Å²) in [5.74, 6) is 0.792. The molecule has 3 aromatic rings. The first kappa shape index (κ1) is 14.8. The molecule has 2 aromatic heterocycles. The number of imidazole rings is 1. The van der Waals surface area contributed by atoms with E-state index in [4.69, 9.17) is 4.74 Å². The topological polar surface area (TPSA) is 43.6 Å². The quantitative estimate of drug-likeness (QED) is 0.681. The number of rotatable bonds is 3. The van der Waals surface area contributed by atoms with E-state index in [1.165, 1.54) is 0 Å². The van der Waals surface area contributed by atoms with Gasteiger partial charge in [-0.25, -0.2) is 4.98 Å². The van der Waals surface area contributed by atoms with Crippen LogP contribution in [-0.4, -0.2) is 22.8 Å². The second-order valence-electron chi connectivity index (χ2n) is 6.18. The predicted molar refractivity (Wildman–Crippen MR) is 89.1 cm³/mol. The zero-order valence-corrected chi connectivity index (χ0v) is 13.9. The molecule has 0 saturated heterocycles. The summed E-state index contributed by atoms with van der Waals surface area (Å²) in [5.41, 5.74) is 3.25. The number of hydrogen-bond acceptors (Lipinski definition) is 4. The first-order valence-electron chi connectivity index (χ1n) is 7.05. The van der Waals surface area contributed by atoms with E-state index in [1.54, 1.807) is 18.4 Å². The van der Waals surface area contributed by atoms with Crippen LogP contribution in [-0.2, 0) is 5.41 Å². The highest BCUT2D eigenvalue weighted by molar-refractivity contribution is 7.15. The summed E-state index contributed by atoms with van der Waals surface area (Å²) in [7, 11) is 1.65. The van der Waals surface area contributed by atoms with Crippen molar-refractivity contribution < 1.29 is 9.53 Å². The van der Waals surface area contributed by atoms with Crippen LogP contribution in [0.15, 0.2) is 29.6 Å². The molecule has 0 aliphatic carbocycles. The number of methoxy groups -OCH3 is 1. The summed E-state index contributed by atoms with van der Waals surface area (Å²) in [4.78, 5) is 17.2. The third-order valence-electron chi connectivity index (χ3n) is 3.59. The van der Waals surface area contributed by atoms with Crippen LogP contribution in [0.4, 0.5) is 0 Å². The molecule has 1 aromatic carbocycles. The SMILES string of the molecule is COc1cccc(-c2csc3nc(C(C)(C)C)c(C=O)n23)c1. The molecular formula is C17H18N2O2S. The minimum atomic E-state index is -0.173. The van der Waals surface area contributed by atoms with Crippen molar-refractivity contribution in [1.82, 2.24) is 9.38 Å². The van der Waals surface area contributed by atoms with Crippen molar-refractivity contribution in [1.29, 1.82) is 0 Å². The summed E-state index contributed by atoms with van der Waals surface area (Å²) in [5, 5.41) is 2.02. The first-order chi connectivity index (χ1) is 10.5. The monoisotopic (exact) mass is 314 g/mol. The third-order valence-corrected chi connectivity index (χ3v) is 4.41. The van der Waals surface area contributed by atoms with Crippen LogP contribution in [0.5, 0.6) is 5.75 Å². The van der Waals surface area contributed by atoms with Crippen molar-refractivity contribution in [3.8, 4) is 17.0 Å². The summed E-state index contributed by atoms with van der Waals surface area (Å²) in [6.45, 7) is 6.20. The number of nitrogens with zero attached hydrogens (tertiary/aromatic N) is 2. The van der Waals surface area contributed by atoms with Gasteiger partial charge in [-0.05, 0) is 12.1 Å². The summed E-state index contributed by atoms with van der Waals surface area (Å²) < 4.78 is 7.23. The predicted octanol–water partition coefficient (Wildman–Crippen LogP) is 4.18. The molecule has 0 N–H and O–H groups in total. The van der Waals surface area contributed by atoms with E-state index in [9.17, 15) is 4.79 Å². The largest absolute Gasteiger partial charge is 0.497 e. The van der Waals surface area contributed by atoms with Gasteiger partial charge in [0.25, 0.3) is 0 Å². The van der Waals surface area contributed by atoms with E-state index >= 15 is 0 Å². The number of aromatic nitrogens is 2. The Kier molecular flexibility index (Phi) is 3.53. The number of carbonyl (C=O) groups is 1. The Labute approximate surface area is 133 Å². The highest BCUT2D eigenvalue weighted by Crippen LogP contribution is 2.33. The van der Waals surface area contributed by atoms with E-state index in [-0.39, 0.29) is 5.41 Å². The van der Waals surface area contributed by atoms with Crippen LogP contribution in [0, 0.1) is 0 Å². The number of thiazole rings is 1. The van der Waals surface area contributed by atoms with Gasteiger partial charge in [0.05, 0.1) is 18.5 Å². The van der Waals surface area contributed by atoms with Crippen LogP contribution in [0.1, 0.15) is 37.0 Å². The molecule has 114 valence electrons. The van der Waals surface area contributed by atoms with E-state index in [2.05, 4.69) is 25.8 Å². The molecule has 0 amide bonds. The molecule has 0 unspecified atom stereocenters. The molecule has 0 bridgehead atoms. The molecule has 0 fully saturated rings. The Morgan fingerprint density at radius 1 is 1.32 bits per heavy atom. The first-order valence-corrected chi connectivity index (χ1v) is 7.93. The van der Waals surface area contributed by atoms with E-state index in [1.807, 2.05) is 34.0 Å². The van der Waals surface area contributed by atoms with Gasteiger partial charge in [-0.15, -0.1) is 11.3 Å². The fourth-order valence-corrected chi connectivity index (χ4v) is 3.43. The van der Waals surface area contributed by atoms with Gasteiger partial charge in [-0.2, -0.15) is 0 Å². The minimum Gasteiger partial charge on any atom is -0.497 e. The number of benzene rings is 1. The van der Waals surface area contributed by atoms with Crippen LogP contribution >= 0.6 is 11.3 Å². The Hall–Kier alpha value is -2.14. The van der Waals surface area contributed by atoms with Gasteiger partial charge in [0, 0.05) is 16.4 Å². The zero-order chi connectivity index (χ0) is 15.9. The Morgan fingerprint density at radius 3 is 2.73 bits per heavy atom. The molecule has 0 spiro atoms. The van der Waals surface area contributed by atoms with Gasteiger partial charge >= 0.3 is 0 Å². The van der Waals surface area contributed by atoms with Gasteiger partial charge in [-0.3, -0.25) is 9.20 Å².